The standard InChI is InChI=1S/C24H32BrN3O5S/c1-5-6-14-26-24(30)18(2)27(16-19-10-9-11-20(15-19)33-3)23(29)17-28(34(4,31)32)22-13-8-7-12-21(22)25/h7-13,15,18H,5-6,14,16-17H2,1-4H3,(H,26,30). The fourth-order valence-electron chi connectivity index (χ4n) is 3.33. The minimum Gasteiger partial charge on any atom is -0.497 e. The average molecular weight is 555 g/mol. The van der Waals surface area contributed by atoms with E-state index in [2.05, 4.69) is 21.2 Å². The molecule has 0 radical (unpaired) electrons. The van der Waals surface area contributed by atoms with Crippen LogP contribution in [0.1, 0.15) is 32.3 Å². The Morgan fingerprint density at radius 2 is 1.85 bits per heavy atom. The number of carbonyl (C=O) groups excluding carboxylic acids is 2. The van der Waals surface area contributed by atoms with Gasteiger partial charge < -0.3 is 15.0 Å². The number of nitrogens with zero attached hydrogens (tertiary/aromatic N) is 2. The third kappa shape index (κ3) is 7.73. The van der Waals surface area contributed by atoms with Crippen molar-refractivity contribution in [2.45, 2.75) is 39.3 Å². The van der Waals surface area contributed by atoms with Crippen LogP contribution in [0.4, 0.5) is 5.69 Å². The highest BCUT2D eigenvalue weighted by Crippen LogP contribution is 2.28. The normalized spacial score (nSPS) is 12.0. The van der Waals surface area contributed by atoms with E-state index in [-0.39, 0.29) is 12.5 Å². The number of carbonyl (C=O) groups is 2. The van der Waals surface area contributed by atoms with E-state index in [4.69, 9.17) is 4.74 Å². The van der Waals surface area contributed by atoms with Crippen LogP contribution in [0.25, 0.3) is 0 Å². The van der Waals surface area contributed by atoms with Crippen LogP contribution >= 0.6 is 15.9 Å². The molecule has 0 spiro atoms. The van der Waals surface area contributed by atoms with E-state index < -0.39 is 28.5 Å². The number of benzene rings is 2. The van der Waals surface area contributed by atoms with Crippen molar-refractivity contribution in [3.05, 3.63) is 58.6 Å². The Balaban J connectivity index is 2.37. The molecule has 0 aliphatic rings. The molecule has 2 aromatic carbocycles. The minimum absolute atomic E-state index is 0.117. The first-order valence-electron chi connectivity index (χ1n) is 11.0. The molecule has 0 aliphatic carbocycles. The molecule has 0 saturated heterocycles. The van der Waals surface area contributed by atoms with Gasteiger partial charge in [-0.1, -0.05) is 37.6 Å². The van der Waals surface area contributed by atoms with Gasteiger partial charge in [-0.05, 0) is 59.1 Å². The fraction of sp³-hybridized carbons (Fsp3) is 0.417. The molecule has 0 saturated carbocycles. The first-order valence-corrected chi connectivity index (χ1v) is 13.6. The number of rotatable bonds is 12. The first-order chi connectivity index (χ1) is 16.1. The second kappa shape index (κ2) is 12.8. The highest BCUT2D eigenvalue weighted by Gasteiger charge is 2.30. The molecule has 1 N–H and O–H groups in total. The lowest BCUT2D eigenvalue weighted by Crippen LogP contribution is -2.51. The lowest BCUT2D eigenvalue weighted by Gasteiger charge is -2.31. The summed E-state index contributed by atoms with van der Waals surface area (Å²) in [5.41, 5.74) is 1.10. The number of methoxy groups -OCH3 is 1. The monoisotopic (exact) mass is 553 g/mol. The molecule has 186 valence electrons. The van der Waals surface area contributed by atoms with Gasteiger partial charge in [0.05, 0.1) is 19.1 Å². The molecule has 0 aromatic heterocycles. The Morgan fingerprint density at radius 3 is 2.47 bits per heavy atom. The molecule has 10 heteroatoms. The quantitative estimate of drug-likeness (QED) is 0.405. The predicted octanol–water partition coefficient (Wildman–Crippen LogP) is 3.56. The van der Waals surface area contributed by atoms with Crippen molar-refractivity contribution in [1.29, 1.82) is 0 Å². The Morgan fingerprint density at radius 1 is 1.15 bits per heavy atom. The smallest absolute Gasteiger partial charge is 0.244 e. The zero-order valence-corrected chi connectivity index (χ0v) is 22.4. The molecular formula is C24H32BrN3O5S. The second-order valence-corrected chi connectivity index (χ2v) is 10.7. The molecule has 34 heavy (non-hydrogen) atoms. The molecule has 0 fully saturated rings. The Hall–Kier alpha value is -2.59. The van der Waals surface area contributed by atoms with E-state index in [9.17, 15) is 18.0 Å². The maximum Gasteiger partial charge on any atom is 0.244 e. The zero-order chi connectivity index (χ0) is 25.3. The number of hydrogen-bond donors (Lipinski definition) is 1. The number of para-hydroxylation sites is 1. The predicted molar refractivity (Wildman–Crippen MR) is 137 cm³/mol. The van der Waals surface area contributed by atoms with Crippen molar-refractivity contribution in [2.75, 3.05) is 30.8 Å². The van der Waals surface area contributed by atoms with E-state index in [1.807, 2.05) is 13.0 Å². The van der Waals surface area contributed by atoms with Gasteiger partial charge in [0.15, 0.2) is 0 Å². The summed E-state index contributed by atoms with van der Waals surface area (Å²) in [6.07, 6.45) is 2.80. The summed E-state index contributed by atoms with van der Waals surface area (Å²) in [5.74, 6) is -0.172. The number of amides is 2. The topological polar surface area (TPSA) is 96.0 Å². The molecule has 2 rings (SSSR count). The minimum atomic E-state index is -3.78. The van der Waals surface area contributed by atoms with Crippen LogP contribution in [-0.4, -0.2) is 57.6 Å². The van der Waals surface area contributed by atoms with Crippen LogP contribution in [0.2, 0.25) is 0 Å². The maximum absolute atomic E-state index is 13.5. The number of anilines is 1. The highest BCUT2D eigenvalue weighted by atomic mass is 79.9. The summed E-state index contributed by atoms with van der Waals surface area (Å²) in [5, 5.41) is 2.85. The SMILES string of the molecule is CCCCNC(=O)C(C)N(Cc1cccc(OC)c1)C(=O)CN(c1ccccc1Br)S(C)(=O)=O. The lowest BCUT2D eigenvalue weighted by atomic mass is 10.1. The van der Waals surface area contributed by atoms with Crippen LogP contribution in [-0.2, 0) is 26.2 Å². The van der Waals surface area contributed by atoms with Gasteiger partial charge in [0.2, 0.25) is 21.8 Å². The maximum atomic E-state index is 13.5. The summed E-state index contributed by atoms with van der Waals surface area (Å²) < 4.78 is 32.1. The summed E-state index contributed by atoms with van der Waals surface area (Å²) in [4.78, 5) is 27.7. The average Bonchev–Trinajstić information content (AvgIpc) is 2.80. The number of sulfonamides is 1. The van der Waals surface area contributed by atoms with Crippen molar-refractivity contribution in [3.8, 4) is 5.75 Å². The Kier molecular flexibility index (Phi) is 10.4. The summed E-state index contributed by atoms with van der Waals surface area (Å²) >= 11 is 3.36. The summed E-state index contributed by atoms with van der Waals surface area (Å²) in [6, 6.07) is 13.2. The molecule has 1 atom stereocenters. The van der Waals surface area contributed by atoms with Gasteiger partial charge in [0, 0.05) is 17.6 Å². The van der Waals surface area contributed by atoms with E-state index in [1.54, 1.807) is 56.5 Å². The molecular weight excluding hydrogens is 522 g/mol. The second-order valence-electron chi connectivity index (χ2n) is 7.91. The molecule has 8 nitrogen and oxygen atoms in total. The molecule has 2 amide bonds. The van der Waals surface area contributed by atoms with Crippen molar-refractivity contribution in [2.24, 2.45) is 0 Å². The van der Waals surface area contributed by atoms with Gasteiger partial charge in [-0.25, -0.2) is 8.42 Å². The lowest BCUT2D eigenvalue weighted by molar-refractivity contribution is -0.139. The van der Waals surface area contributed by atoms with Gasteiger partial charge in [-0.2, -0.15) is 0 Å². The van der Waals surface area contributed by atoms with E-state index in [0.717, 1.165) is 29.0 Å². The van der Waals surface area contributed by atoms with Gasteiger partial charge in [0.1, 0.15) is 18.3 Å². The Labute approximate surface area is 210 Å². The van der Waals surface area contributed by atoms with Crippen LogP contribution < -0.4 is 14.4 Å². The third-order valence-electron chi connectivity index (χ3n) is 5.28. The van der Waals surface area contributed by atoms with Crippen molar-refractivity contribution >= 4 is 43.5 Å². The number of nitrogens with one attached hydrogen (secondary N) is 1. The highest BCUT2D eigenvalue weighted by molar-refractivity contribution is 9.10. The van der Waals surface area contributed by atoms with Gasteiger partial charge >= 0.3 is 0 Å². The van der Waals surface area contributed by atoms with Crippen molar-refractivity contribution in [3.63, 3.8) is 0 Å². The summed E-state index contributed by atoms with van der Waals surface area (Å²) in [6.45, 7) is 3.84. The van der Waals surface area contributed by atoms with E-state index >= 15 is 0 Å². The van der Waals surface area contributed by atoms with Crippen LogP contribution in [0.5, 0.6) is 5.75 Å². The number of hydrogen-bond acceptors (Lipinski definition) is 5. The summed E-state index contributed by atoms with van der Waals surface area (Å²) in [7, 11) is -2.23. The van der Waals surface area contributed by atoms with Crippen LogP contribution in [0, 0.1) is 0 Å². The zero-order valence-electron chi connectivity index (χ0n) is 20.0. The number of ether oxygens (including phenoxy) is 1. The van der Waals surface area contributed by atoms with Gasteiger partial charge in [-0.15, -0.1) is 0 Å². The van der Waals surface area contributed by atoms with Crippen molar-refractivity contribution in [1.82, 2.24) is 10.2 Å². The molecule has 0 heterocycles. The number of halogens is 1. The van der Waals surface area contributed by atoms with Gasteiger partial charge in [0.25, 0.3) is 0 Å². The largest absolute Gasteiger partial charge is 0.497 e. The molecule has 0 aliphatic heterocycles. The fourth-order valence-corrected chi connectivity index (χ4v) is 4.81. The van der Waals surface area contributed by atoms with Crippen molar-refractivity contribution < 1.29 is 22.7 Å². The molecule has 0 bridgehead atoms. The van der Waals surface area contributed by atoms with Crippen LogP contribution in [0.3, 0.4) is 0 Å². The van der Waals surface area contributed by atoms with Crippen LogP contribution in [0.15, 0.2) is 53.0 Å². The number of unbranched alkanes of at least 4 members (excludes halogenated alkanes) is 1. The van der Waals surface area contributed by atoms with E-state index in [0.29, 0.717) is 22.5 Å². The van der Waals surface area contributed by atoms with Gasteiger partial charge in [-0.3, -0.25) is 13.9 Å². The Bertz CT molecular complexity index is 1090. The third-order valence-corrected chi connectivity index (χ3v) is 7.08. The first kappa shape index (κ1) is 27.7. The molecule has 2 aromatic rings. The molecule has 1 unspecified atom stereocenters. The van der Waals surface area contributed by atoms with E-state index in [1.165, 1.54) is 4.90 Å².